The highest BCUT2D eigenvalue weighted by molar-refractivity contribution is 6.36. The molecule has 4 heteroatoms. The van der Waals surface area contributed by atoms with Gasteiger partial charge in [0, 0.05) is 12.1 Å². The molecule has 2 aromatic rings. The fourth-order valence-corrected chi connectivity index (χ4v) is 3.42. The van der Waals surface area contributed by atoms with Crippen molar-refractivity contribution in [3.8, 4) is 0 Å². The summed E-state index contributed by atoms with van der Waals surface area (Å²) in [6.07, 6.45) is 1.96. The first-order valence-electron chi connectivity index (χ1n) is 6.88. The van der Waals surface area contributed by atoms with Gasteiger partial charge in [0.2, 0.25) is 0 Å². The Morgan fingerprint density at radius 3 is 2.71 bits per heavy atom. The first kappa shape index (κ1) is 14.4. The summed E-state index contributed by atoms with van der Waals surface area (Å²) in [5.41, 5.74) is 3.05. The van der Waals surface area contributed by atoms with Gasteiger partial charge in [0.05, 0.1) is 16.6 Å². The summed E-state index contributed by atoms with van der Waals surface area (Å²) in [7, 11) is 1.83. The molecule has 0 saturated carbocycles. The highest BCUT2D eigenvalue weighted by atomic mass is 35.5. The van der Waals surface area contributed by atoms with Gasteiger partial charge in [-0.2, -0.15) is 0 Å². The molecule has 0 aromatic heterocycles. The zero-order valence-corrected chi connectivity index (χ0v) is 13.2. The van der Waals surface area contributed by atoms with Gasteiger partial charge in [-0.25, -0.2) is 0 Å². The summed E-state index contributed by atoms with van der Waals surface area (Å²) in [6, 6.07) is 13.4. The number of carbonyl (C=O) groups excluding carboxylic acids is 1. The Morgan fingerprint density at radius 1 is 1.19 bits per heavy atom. The van der Waals surface area contributed by atoms with E-state index in [2.05, 4.69) is 12.1 Å². The van der Waals surface area contributed by atoms with Gasteiger partial charge in [0.15, 0.2) is 0 Å². The van der Waals surface area contributed by atoms with Gasteiger partial charge in [0.25, 0.3) is 5.91 Å². The van der Waals surface area contributed by atoms with Crippen molar-refractivity contribution >= 4 is 29.1 Å². The summed E-state index contributed by atoms with van der Waals surface area (Å²) >= 11 is 12.0. The molecule has 1 aliphatic rings. The Labute approximate surface area is 134 Å². The molecular weight excluding hydrogens is 305 g/mol. The maximum Gasteiger partial charge on any atom is 0.255 e. The van der Waals surface area contributed by atoms with Crippen LogP contribution in [0.5, 0.6) is 0 Å². The van der Waals surface area contributed by atoms with Crippen LogP contribution in [-0.4, -0.2) is 17.9 Å². The number of halogens is 2. The third-order valence-corrected chi connectivity index (χ3v) is 4.60. The molecule has 0 saturated heterocycles. The van der Waals surface area contributed by atoms with Gasteiger partial charge in [-0.1, -0.05) is 47.5 Å². The SMILES string of the molecule is CN(C(=O)c1ccc(Cl)cc1Cl)C1CCc2ccccc21. The number of aryl methyl sites for hydroxylation is 1. The minimum absolute atomic E-state index is 0.0710. The van der Waals surface area contributed by atoms with E-state index < -0.39 is 0 Å². The van der Waals surface area contributed by atoms with Crippen molar-refractivity contribution in [1.29, 1.82) is 0 Å². The van der Waals surface area contributed by atoms with Crippen LogP contribution in [0.2, 0.25) is 10.0 Å². The minimum atomic E-state index is -0.0710. The van der Waals surface area contributed by atoms with Crippen LogP contribution >= 0.6 is 23.2 Å². The fourth-order valence-electron chi connectivity index (χ4n) is 2.93. The van der Waals surface area contributed by atoms with Gasteiger partial charge in [-0.3, -0.25) is 4.79 Å². The molecule has 0 spiro atoms. The average molecular weight is 320 g/mol. The Balaban J connectivity index is 1.89. The quantitative estimate of drug-likeness (QED) is 0.782. The van der Waals surface area contributed by atoms with Gasteiger partial charge in [-0.15, -0.1) is 0 Å². The number of fused-ring (bicyclic) bond motifs is 1. The molecule has 0 heterocycles. The first-order valence-corrected chi connectivity index (χ1v) is 7.63. The van der Waals surface area contributed by atoms with Crippen LogP contribution in [0.1, 0.15) is 33.9 Å². The van der Waals surface area contributed by atoms with Gasteiger partial charge >= 0.3 is 0 Å². The van der Waals surface area contributed by atoms with E-state index in [9.17, 15) is 4.79 Å². The highest BCUT2D eigenvalue weighted by Crippen LogP contribution is 2.36. The smallest absolute Gasteiger partial charge is 0.255 e. The summed E-state index contributed by atoms with van der Waals surface area (Å²) in [6.45, 7) is 0. The molecule has 0 bridgehead atoms. The maximum atomic E-state index is 12.7. The average Bonchev–Trinajstić information content (AvgIpc) is 2.90. The van der Waals surface area contributed by atoms with Crippen molar-refractivity contribution in [1.82, 2.24) is 4.90 Å². The van der Waals surface area contributed by atoms with E-state index in [1.54, 1.807) is 23.1 Å². The zero-order valence-electron chi connectivity index (χ0n) is 11.6. The predicted octanol–water partition coefficient (Wildman–Crippen LogP) is 4.75. The minimum Gasteiger partial charge on any atom is -0.335 e. The third-order valence-electron chi connectivity index (χ3n) is 4.05. The van der Waals surface area contributed by atoms with Crippen LogP contribution in [0.25, 0.3) is 0 Å². The topological polar surface area (TPSA) is 20.3 Å². The second-order valence-electron chi connectivity index (χ2n) is 5.29. The van der Waals surface area contributed by atoms with E-state index in [-0.39, 0.29) is 11.9 Å². The summed E-state index contributed by atoms with van der Waals surface area (Å²) in [5.74, 6) is -0.0710. The lowest BCUT2D eigenvalue weighted by molar-refractivity contribution is 0.0731. The van der Waals surface area contributed by atoms with Gasteiger partial charge in [-0.05, 0) is 42.2 Å². The van der Waals surface area contributed by atoms with E-state index >= 15 is 0 Å². The Hall–Kier alpha value is -1.51. The number of hydrogen-bond donors (Lipinski definition) is 0. The van der Waals surface area contributed by atoms with Crippen molar-refractivity contribution in [2.24, 2.45) is 0 Å². The second kappa shape index (κ2) is 5.70. The summed E-state index contributed by atoms with van der Waals surface area (Å²) in [4.78, 5) is 14.5. The number of rotatable bonds is 2. The van der Waals surface area contributed by atoms with Gasteiger partial charge < -0.3 is 4.90 Å². The highest BCUT2D eigenvalue weighted by Gasteiger charge is 2.29. The van der Waals surface area contributed by atoms with Crippen molar-refractivity contribution < 1.29 is 4.79 Å². The number of nitrogens with zero attached hydrogens (tertiary/aromatic N) is 1. The van der Waals surface area contributed by atoms with Crippen molar-refractivity contribution in [3.05, 3.63) is 69.2 Å². The Bertz CT molecular complexity index is 699. The van der Waals surface area contributed by atoms with Crippen LogP contribution in [0.3, 0.4) is 0 Å². The molecule has 1 unspecified atom stereocenters. The largest absolute Gasteiger partial charge is 0.335 e. The Kier molecular flexibility index (Phi) is 3.92. The number of amides is 1. The van der Waals surface area contributed by atoms with E-state index in [0.29, 0.717) is 15.6 Å². The molecule has 2 nitrogen and oxygen atoms in total. The van der Waals surface area contributed by atoms with Gasteiger partial charge in [0.1, 0.15) is 0 Å². The fraction of sp³-hybridized carbons (Fsp3) is 0.235. The molecule has 0 radical (unpaired) electrons. The monoisotopic (exact) mass is 319 g/mol. The molecule has 1 amide bonds. The van der Waals surface area contributed by atoms with Crippen LogP contribution in [-0.2, 0) is 6.42 Å². The lowest BCUT2D eigenvalue weighted by Gasteiger charge is -2.26. The molecule has 0 fully saturated rings. The van der Waals surface area contributed by atoms with E-state index in [0.717, 1.165) is 12.8 Å². The molecule has 3 rings (SSSR count). The second-order valence-corrected chi connectivity index (χ2v) is 6.14. The van der Waals surface area contributed by atoms with Crippen LogP contribution in [0, 0.1) is 0 Å². The summed E-state index contributed by atoms with van der Waals surface area (Å²) in [5, 5.41) is 0.927. The van der Waals surface area contributed by atoms with Crippen molar-refractivity contribution in [2.45, 2.75) is 18.9 Å². The van der Waals surface area contributed by atoms with Crippen molar-refractivity contribution in [2.75, 3.05) is 7.05 Å². The van der Waals surface area contributed by atoms with Crippen LogP contribution in [0.15, 0.2) is 42.5 Å². The molecule has 0 aliphatic heterocycles. The first-order chi connectivity index (χ1) is 10.1. The lowest BCUT2D eigenvalue weighted by atomic mass is 10.1. The molecule has 0 N–H and O–H groups in total. The normalized spacial score (nSPS) is 16.6. The van der Waals surface area contributed by atoms with Crippen LogP contribution in [0.4, 0.5) is 0 Å². The van der Waals surface area contributed by atoms with E-state index in [1.807, 2.05) is 19.2 Å². The molecule has 108 valence electrons. The third kappa shape index (κ3) is 2.66. The lowest BCUT2D eigenvalue weighted by Crippen LogP contribution is -2.30. The Morgan fingerprint density at radius 2 is 1.95 bits per heavy atom. The maximum absolute atomic E-state index is 12.7. The van der Waals surface area contributed by atoms with Crippen LogP contribution < -0.4 is 0 Å². The molecule has 1 atom stereocenters. The molecular formula is C17H15Cl2NO. The molecule has 2 aromatic carbocycles. The van der Waals surface area contributed by atoms with E-state index in [4.69, 9.17) is 23.2 Å². The summed E-state index contributed by atoms with van der Waals surface area (Å²) < 4.78 is 0. The number of hydrogen-bond acceptors (Lipinski definition) is 1. The number of carbonyl (C=O) groups is 1. The predicted molar refractivity (Wildman–Crippen MR) is 86.1 cm³/mol. The standard InChI is InChI=1S/C17H15Cl2NO/c1-20(16-9-6-11-4-2-3-5-13(11)16)17(21)14-8-7-12(18)10-15(14)19/h2-5,7-8,10,16H,6,9H2,1H3. The molecule has 21 heavy (non-hydrogen) atoms. The van der Waals surface area contributed by atoms with E-state index in [1.165, 1.54) is 11.1 Å². The zero-order chi connectivity index (χ0) is 15.0. The molecule has 1 aliphatic carbocycles. The van der Waals surface area contributed by atoms with Crippen molar-refractivity contribution in [3.63, 3.8) is 0 Å². The number of benzene rings is 2.